The Morgan fingerprint density at radius 3 is 2.71 bits per heavy atom. The van der Waals surface area contributed by atoms with Crippen molar-refractivity contribution in [2.75, 3.05) is 6.54 Å². The van der Waals surface area contributed by atoms with Gasteiger partial charge in [-0.2, -0.15) is 0 Å². The highest BCUT2D eigenvalue weighted by molar-refractivity contribution is 6.33. The Morgan fingerprint density at radius 2 is 2.04 bits per heavy atom. The fourth-order valence-electron chi connectivity index (χ4n) is 4.37. The maximum atomic E-state index is 12.1. The standard InChI is InChI=1S/C19H25ClN2O2/c1-12(16-11-13-6-7-14(16)10-13)22-18(23)8-9-21-19(24)15-4-2-3-5-17(15)20/h2-5,12-14,16H,6-11H2,1H3,(H,21,24)(H,22,23)/t12-,13-,14-,16-/m0/s1. The summed E-state index contributed by atoms with van der Waals surface area (Å²) in [7, 11) is 0. The topological polar surface area (TPSA) is 58.2 Å². The number of benzene rings is 1. The van der Waals surface area contributed by atoms with Crippen LogP contribution >= 0.6 is 11.6 Å². The van der Waals surface area contributed by atoms with Crippen molar-refractivity contribution in [1.29, 1.82) is 0 Å². The van der Waals surface area contributed by atoms with Gasteiger partial charge in [0.1, 0.15) is 0 Å². The molecular formula is C19H25ClN2O2. The van der Waals surface area contributed by atoms with Crippen LogP contribution in [-0.4, -0.2) is 24.4 Å². The summed E-state index contributed by atoms with van der Waals surface area (Å²) in [5.74, 6) is 2.07. The van der Waals surface area contributed by atoms with Crippen LogP contribution in [0.4, 0.5) is 0 Å². The number of hydrogen-bond acceptors (Lipinski definition) is 2. The van der Waals surface area contributed by atoms with Gasteiger partial charge in [0, 0.05) is 19.0 Å². The van der Waals surface area contributed by atoms with Crippen LogP contribution in [-0.2, 0) is 4.79 Å². The zero-order valence-corrected chi connectivity index (χ0v) is 14.8. The normalized spacial score (nSPS) is 26.2. The molecule has 2 aliphatic carbocycles. The lowest BCUT2D eigenvalue weighted by Gasteiger charge is -2.28. The highest BCUT2D eigenvalue weighted by Gasteiger charge is 2.42. The Morgan fingerprint density at radius 1 is 1.25 bits per heavy atom. The lowest BCUT2D eigenvalue weighted by molar-refractivity contribution is -0.122. The number of halogens is 1. The first-order valence-electron chi connectivity index (χ1n) is 8.86. The molecule has 0 unspecified atom stereocenters. The summed E-state index contributed by atoms with van der Waals surface area (Å²) < 4.78 is 0. The van der Waals surface area contributed by atoms with Gasteiger partial charge in [-0.1, -0.05) is 30.2 Å². The van der Waals surface area contributed by atoms with E-state index in [1.165, 1.54) is 25.7 Å². The van der Waals surface area contributed by atoms with Crippen LogP contribution in [0.25, 0.3) is 0 Å². The summed E-state index contributed by atoms with van der Waals surface area (Å²) in [5, 5.41) is 6.29. The van der Waals surface area contributed by atoms with E-state index in [-0.39, 0.29) is 17.9 Å². The first kappa shape index (κ1) is 17.3. The predicted octanol–water partition coefficient (Wildman–Crippen LogP) is 3.40. The summed E-state index contributed by atoms with van der Waals surface area (Å²) in [6, 6.07) is 7.13. The molecule has 0 radical (unpaired) electrons. The van der Waals surface area contributed by atoms with E-state index in [9.17, 15) is 9.59 Å². The number of rotatable bonds is 6. The van der Waals surface area contributed by atoms with Gasteiger partial charge in [0.15, 0.2) is 0 Å². The van der Waals surface area contributed by atoms with Crippen LogP contribution in [0.15, 0.2) is 24.3 Å². The van der Waals surface area contributed by atoms with E-state index in [0.29, 0.717) is 29.5 Å². The Labute approximate surface area is 148 Å². The molecule has 4 nitrogen and oxygen atoms in total. The van der Waals surface area contributed by atoms with Crippen LogP contribution in [0.5, 0.6) is 0 Å². The molecule has 2 saturated carbocycles. The molecule has 5 heteroatoms. The Hall–Kier alpha value is -1.55. The molecule has 0 aromatic heterocycles. The maximum Gasteiger partial charge on any atom is 0.252 e. The van der Waals surface area contributed by atoms with Crippen molar-refractivity contribution < 1.29 is 9.59 Å². The lowest BCUT2D eigenvalue weighted by atomic mass is 9.84. The summed E-state index contributed by atoms with van der Waals surface area (Å²) in [5.41, 5.74) is 0.440. The zero-order valence-electron chi connectivity index (χ0n) is 14.1. The Balaban J connectivity index is 1.40. The molecule has 1 aromatic carbocycles. The van der Waals surface area contributed by atoms with Crippen LogP contribution in [0.3, 0.4) is 0 Å². The molecular weight excluding hydrogens is 324 g/mol. The Bertz CT molecular complexity index is 619. The number of carbonyl (C=O) groups excluding carboxylic acids is 2. The van der Waals surface area contributed by atoms with Crippen molar-refractivity contribution in [2.24, 2.45) is 17.8 Å². The van der Waals surface area contributed by atoms with Crippen LogP contribution in [0.2, 0.25) is 5.02 Å². The Kier molecular flexibility index (Phi) is 5.44. The molecule has 2 bridgehead atoms. The molecule has 2 N–H and O–H groups in total. The SMILES string of the molecule is C[C@H](NC(=O)CCNC(=O)c1ccccc1Cl)[C@@H]1C[C@H]2CC[C@H]1C2. The van der Waals surface area contributed by atoms with Gasteiger partial charge in [0.2, 0.25) is 5.91 Å². The first-order chi connectivity index (χ1) is 11.5. The highest BCUT2D eigenvalue weighted by atomic mass is 35.5. The molecule has 1 aromatic rings. The second-order valence-corrected chi connectivity index (χ2v) is 7.59. The zero-order chi connectivity index (χ0) is 17.1. The maximum absolute atomic E-state index is 12.1. The minimum atomic E-state index is -0.241. The molecule has 4 atom stereocenters. The molecule has 0 heterocycles. The van der Waals surface area contributed by atoms with E-state index in [0.717, 1.165) is 11.8 Å². The van der Waals surface area contributed by atoms with E-state index >= 15 is 0 Å². The van der Waals surface area contributed by atoms with Gasteiger partial charge >= 0.3 is 0 Å². The van der Waals surface area contributed by atoms with Gasteiger partial charge in [-0.05, 0) is 56.1 Å². The molecule has 130 valence electrons. The van der Waals surface area contributed by atoms with Crippen molar-refractivity contribution in [3.8, 4) is 0 Å². The summed E-state index contributed by atoms with van der Waals surface area (Å²) in [6.07, 6.45) is 5.59. The van der Waals surface area contributed by atoms with E-state index < -0.39 is 0 Å². The van der Waals surface area contributed by atoms with Crippen LogP contribution in [0.1, 0.15) is 49.4 Å². The third-order valence-electron chi connectivity index (χ3n) is 5.58. The fourth-order valence-corrected chi connectivity index (χ4v) is 4.59. The van der Waals surface area contributed by atoms with E-state index in [2.05, 4.69) is 17.6 Å². The number of fused-ring (bicyclic) bond motifs is 2. The highest BCUT2D eigenvalue weighted by Crippen LogP contribution is 2.49. The molecule has 0 spiro atoms. The van der Waals surface area contributed by atoms with Crippen LogP contribution < -0.4 is 10.6 Å². The molecule has 2 aliphatic rings. The van der Waals surface area contributed by atoms with Crippen molar-refractivity contribution in [3.63, 3.8) is 0 Å². The lowest BCUT2D eigenvalue weighted by Crippen LogP contribution is -2.41. The summed E-state index contributed by atoms with van der Waals surface area (Å²) >= 11 is 5.99. The van der Waals surface area contributed by atoms with E-state index in [1.807, 2.05) is 0 Å². The molecule has 24 heavy (non-hydrogen) atoms. The summed E-state index contributed by atoms with van der Waals surface area (Å²) in [4.78, 5) is 24.2. The minimum absolute atomic E-state index is 0.00438. The molecule has 2 amide bonds. The first-order valence-corrected chi connectivity index (χ1v) is 9.24. The average Bonchev–Trinajstić information content (AvgIpc) is 3.18. The molecule has 0 aliphatic heterocycles. The molecule has 2 fully saturated rings. The molecule has 3 rings (SSSR count). The third kappa shape index (κ3) is 3.92. The van der Waals surface area contributed by atoms with Gasteiger partial charge in [-0.3, -0.25) is 9.59 Å². The number of amides is 2. The van der Waals surface area contributed by atoms with Gasteiger partial charge in [-0.15, -0.1) is 0 Å². The van der Waals surface area contributed by atoms with Crippen molar-refractivity contribution in [3.05, 3.63) is 34.9 Å². The van der Waals surface area contributed by atoms with Crippen molar-refractivity contribution in [1.82, 2.24) is 10.6 Å². The monoisotopic (exact) mass is 348 g/mol. The second-order valence-electron chi connectivity index (χ2n) is 7.18. The van der Waals surface area contributed by atoms with E-state index in [4.69, 9.17) is 11.6 Å². The third-order valence-corrected chi connectivity index (χ3v) is 5.91. The van der Waals surface area contributed by atoms with Gasteiger partial charge in [0.05, 0.1) is 10.6 Å². The van der Waals surface area contributed by atoms with Crippen molar-refractivity contribution >= 4 is 23.4 Å². The van der Waals surface area contributed by atoms with Crippen LogP contribution in [0, 0.1) is 17.8 Å². The number of carbonyl (C=O) groups is 2. The minimum Gasteiger partial charge on any atom is -0.353 e. The van der Waals surface area contributed by atoms with Gasteiger partial charge in [0.25, 0.3) is 5.91 Å². The number of hydrogen-bond donors (Lipinski definition) is 2. The predicted molar refractivity (Wildman–Crippen MR) is 94.9 cm³/mol. The second kappa shape index (κ2) is 7.56. The largest absolute Gasteiger partial charge is 0.353 e. The fraction of sp³-hybridized carbons (Fsp3) is 0.579. The van der Waals surface area contributed by atoms with Crippen molar-refractivity contribution in [2.45, 2.75) is 45.1 Å². The molecule has 0 saturated heterocycles. The van der Waals surface area contributed by atoms with E-state index in [1.54, 1.807) is 24.3 Å². The average molecular weight is 349 g/mol. The smallest absolute Gasteiger partial charge is 0.252 e. The number of nitrogens with one attached hydrogen (secondary N) is 2. The quantitative estimate of drug-likeness (QED) is 0.827. The van der Waals surface area contributed by atoms with Gasteiger partial charge in [-0.25, -0.2) is 0 Å². The van der Waals surface area contributed by atoms with Gasteiger partial charge < -0.3 is 10.6 Å². The summed E-state index contributed by atoms with van der Waals surface area (Å²) in [6.45, 7) is 2.44.